The molecule has 1 aromatic carbocycles. The molecule has 3 heteroatoms. The lowest BCUT2D eigenvalue weighted by atomic mass is 10.1. The van der Waals surface area contributed by atoms with E-state index in [9.17, 15) is 5.11 Å². The van der Waals surface area contributed by atoms with Crippen molar-refractivity contribution in [3.8, 4) is 0 Å². The molecule has 2 rings (SSSR count). The number of allylic oxidation sites excluding steroid dienone is 1. The molecule has 104 valence electrons. The van der Waals surface area contributed by atoms with Crippen LogP contribution >= 0.6 is 11.8 Å². The van der Waals surface area contributed by atoms with Crippen molar-refractivity contribution in [3.05, 3.63) is 40.8 Å². The highest BCUT2D eigenvalue weighted by atomic mass is 32.2. The van der Waals surface area contributed by atoms with Crippen molar-refractivity contribution in [1.82, 2.24) is 4.90 Å². The van der Waals surface area contributed by atoms with E-state index < -0.39 is 0 Å². The molecule has 1 heterocycles. The van der Waals surface area contributed by atoms with Crippen LogP contribution in [-0.2, 0) is 0 Å². The van der Waals surface area contributed by atoms with Crippen molar-refractivity contribution in [2.24, 2.45) is 0 Å². The zero-order chi connectivity index (χ0) is 13.8. The number of aliphatic hydroxyl groups excluding tert-OH is 1. The maximum absolute atomic E-state index is 9.83. The van der Waals surface area contributed by atoms with E-state index in [2.05, 4.69) is 56.1 Å². The van der Waals surface area contributed by atoms with Gasteiger partial charge in [-0.05, 0) is 38.4 Å². The van der Waals surface area contributed by atoms with Gasteiger partial charge in [0.25, 0.3) is 0 Å². The Labute approximate surface area is 120 Å². The molecule has 0 bridgehead atoms. The molecular formula is C16H23NOS. The van der Waals surface area contributed by atoms with Gasteiger partial charge < -0.3 is 5.11 Å². The van der Waals surface area contributed by atoms with Crippen molar-refractivity contribution >= 4 is 11.8 Å². The number of hydrogen-bond donors (Lipinski definition) is 1. The number of hydrogen-bond acceptors (Lipinski definition) is 3. The highest BCUT2D eigenvalue weighted by Gasteiger charge is 2.31. The van der Waals surface area contributed by atoms with Crippen LogP contribution < -0.4 is 0 Å². The minimum atomic E-state index is -0.187. The number of aliphatic hydroxyl groups is 1. The van der Waals surface area contributed by atoms with E-state index in [4.69, 9.17) is 0 Å². The van der Waals surface area contributed by atoms with Crippen LogP contribution in [0, 0.1) is 6.92 Å². The molecule has 19 heavy (non-hydrogen) atoms. The van der Waals surface area contributed by atoms with E-state index in [1.807, 2.05) is 11.8 Å². The maximum atomic E-state index is 9.83. The average molecular weight is 277 g/mol. The summed E-state index contributed by atoms with van der Waals surface area (Å²) in [4.78, 5) is 4.95. The molecule has 1 fully saturated rings. The Balaban J connectivity index is 2.18. The molecule has 0 aromatic heterocycles. The Bertz CT molecular complexity index is 458. The summed E-state index contributed by atoms with van der Waals surface area (Å²) in [5.41, 5.74) is 1.32. The van der Waals surface area contributed by atoms with Crippen molar-refractivity contribution in [1.29, 1.82) is 0 Å². The van der Waals surface area contributed by atoms with Crippen LogP contribution in [0.4, 0.5) is 0 Å². The number of aryl methyl sites for hydroxylation is 1. The minimum Gasteiger partial charge on any atom is -0.392 e. The normalized spacial score (nSPS) is 24.9. The maximum Gasteiger partial charge on any atom is 0.0685 e. The summed E-state index contributed by atoms with van der Waals surface area (Å²) in [5.74, 6) is 0. The predicted octanol–water partition coefficient (Wildman–Crippen LogP) is 3.45. The third-order valence-electron chi connectivity index (χ3n) is 3.58. The van der Waals surface area contributed by atoms with Gasteiger partial charge in [-0.3, -0.25) is 4.90 Å². The van der Waals surface area contributed by atoms with Crippen LogP contribution in [0.1, 0.15) is 25.3 Å². The number of nitrogens with zero attached hydrogens (tertiary/aromatic N) is 1. The summed E-state index contributed by atoms with van der Waals surface area (Å²) in [6, 6.07) is 8.85. The van der Waals surface area contributed by atoms with E-state index in [1.165, 1.54) is 15.4 Å². The summed E-state index contributed by atoms with van der Waals surface area (Å²) in [7, 11) is 2.10. The SMILES string of the molecule is CC/C=C(/Sc1ccccc1C)C1CC(O)CN1C. The number of benzene rings is 1. The molecule has 1 aliphatic rings. The fourth-order valence-corrected chi connectivity index (χ4v) is 3.84. The second-order valence-electron chi connectivity index (χ2n) is 5.23. The van der Waals surface area contributed by atoms with Gasteiger partial charge in [0.05, 0.1) is 6.10 Å². The van der Waals surface area contributed by atoms with Gasteiger partial charge in [-0.15, -0.1) is 0 Å². The Morgan fingerprint density at radius 1 is 1.47 bits per heavy atom. The minimum absolute atomic E-state index is 0.187. The van der Waals surface area contributed by atoms with Gasteiger partial charge in [0.1, 0.15) is 0 Å². The summed E-state index contributed by atoms with van der Waals surface area (Å²) < 4.78 is 0. The fourth-order valence-electron chi connectivity index (χ4n) is 2.55. The second kappa shape index (κ2) is 6.60. The Morgan fingerprint density at radius 2 is 2.21 bits per heavy atom. The average Bonchev–Trinajstić information content (AvgIpc) is 2.70. The second-order valence-corrected chi connectivity index (χ2v) is 6.34. The first-order valence-electron chi connectivity index (χ1n) is 6.93. The van der Waals surface area contributed by atoms with Crippen molar-refractivity contribution in [3.63, 3.8) is 0 Å². The Kier molecular flexibility index (Phi) is 5.08. The molecule has 1 N–H and O–H groups in total. The molecule has 2 atom stereocenters. The van der Waals surface area contributed by atoms with Gasteiger partial charge in [0.15, 0.2) is 0 Å². The van der Waals surface area contributed by atoms with Crippen LogP contribution in [-0.4, -0.2) is 35.7 Å². The van der Waals surface area contributed by atoms with Crippen molar-refractivity contribution in [2.45, 2.75) is 43.7 Å². The van der Waals surface area contributed by atoms with Crippen LogP contribution in [0.2, 0.25) is 0 Å². The van der Waals surface area contributed by atoms with E-state index in [-0.39, 0.29) is 6.10 Å². The quantitative estimate of drug-likeness (QED) is 0.853. The molecule has 2 unspecified atom stereocenters. The zero-order valence-corrected chi connectivity index (χ0v) is 12.8. The van der Waals surface area contributed by atoms with E-state index in [0.29, 0.717) is 6.04 Å². The number of likely N-dealkylation sites (tertiary alicyclic amines) is 1. The van der Waals surface area contributed by atoms with Crippen molar-refractivity contribution in [2.75, 3.05) is 13.6 Å². The van der Waals surface area contributed by atoms with Gasteiger partial charge in [0, 0.05) is 22.4 Å². The number of thioether (sulfide) groups is 1. The van der Waals surface area contributed by atoms with Crippen molar-refractivity contribution < 1.29 is 5.11 Å². The monoisotopic (exact) mass is 277 g/mol. The summed E-state index contributed by atoms with van der Waals surface area (Å²) in [5, 5.41) is 9.83. The first kappa shape index (κ1) is 14.6. The number of β-amino-alcohol motifs (C(OH)–C–C–N with tert-alkyl or cyclic N) is 1. The molecule has 2 nitrogen and oxygen atoms in total. The first-order valence-corrected chi connectivity index (χ1v) is 7.75. The number of rotatable bonds is 4. The Hall–Kier alpha value is -0.770. The van der Waals surface area contributed by atoms with Gasteiger partial charge in [0.2, 0.25) is 0 Å². The van der Waals surface area contributed by atoms with E-state index in [1.54, 1.807) is 0 Å². The lowest BCUT2D eigenvalue weighted by Gasteiger charge is -2.22. The molecular weight excluding hydrogens is 254 g/mol. The summed E-state index contributed by atoms with van der Waals surface area (Å²) >= 11 is 1.85. The molecule has 0 aliphatic carbocycles. The molecule has 0 radical (unpaired) electrons. The predicted molar refractivity (Wildman–Crippen MR) is 82.5 cm³/mol. The molecule has 0 saturated carbocycles. The largest absolute Gasteiger partial charge is 0.392 e. The van der Waals surface area contributed by atoms with E-state index >= 15 is 0 Å². The highest BCUT2D eigenvalue weighted by Crippen LogP contribution is 2.36. The molecule has 1 saturated heterocycles. The third-order valence-corrected chi connectivity index (χ3v) is 4.93. The number of likely N-dealkylation sites (N-methyl/N-ethyl adjacent to an activating group) is 1. The zero-order valence-electron chi connectivity index (χ0n) is 12.0. The summed E-state index contributed by atoms with van der Waals surface area (Å²) in [6.07, 6.45) is 4.00. The van der Waals surface area contributed by atoms with Crippen LogP contribution in [0.15, 0.2) is 40.1 Å². The highest BCUT2D eigenvalue weighted by molar-refractivity contribution is 8.03. The first-order chi connectivity index (χ1) is 9.11. The standard InChI is InChI=1S/C16H23NOS/c1-4-7-16(14-10-13(18)11-17(14)3)19-15-9-6-5-8-12(15)2/h5-9,13-14,18H,4,10-11H2,1-3H3/b16-7+. The fraction of sp³-hybridized carbons (Fsp3) is 0.500. The van der Waals surface area contributed by atoms with Gasteiger partial charge in [-0.2, -0.15) is 0 Å². The van der Waals surface area contributed by atoms with Crippen LogP contribution in [0.3, 0.4) is 0 Å². The van der Waals surface area contributed by atoms with Crippen LogP contribution in [0.5, 0.6) is 0 Å². The molecule has 0 amide bonds. The Morgan fingerprint density at radius 3 is 2.79 bits per heavy atom. The smallest absolute Gasteiger partial charge is 0.0685 e. The third kappa shape index (κ3) is 3.62. The van der Waals surface area contributed by atoms with Crippen LogP contribution in [0.25, 0.3) is 0 Å². The topological polar surface area (TPSA) is 23.5 Å². The lowest BCUT2D eigenvalue weighted by molar-refractivity contribution is 0.182. The molecule has 1 aliphatic heterocycles. The lowest BCUT2D eigenvalue weighted by Crippen LogP contribution is -2.26. The van der Waals surface area contributed by atoms with Gasteiger partial charge >= 0.3 is 0 Å². The van der Waals surface area contributed by atoms with Gasteiger partial charge in [-0.1, -0.05) is 43.0 Å². The molecule has 1 aromatic rings. The summed E-state index contributed by atoms with van der Waals surface area (Å²) in [6.45, 7) is 5.10. The van der Waals surface area contributed by atoms with E-state index in [0.717, 1.165) is 19.4 Å². The van der Waals surface area contributed by atoms with Gasteiger partial charge in [-0.25, -0.2) is 0 Å². The molecule has 0 spiro atoms.